The summed E-state index contributed by atoms with van der Waals surface area (Å²) in [5.41, 5.74) is 2.56. The van der Waals surface area contributed by atoms with Crippen molar-refractivity contribution in [3.05, 3.63) is 23.8 Å². The van der Waals surface area contributed by atoms with Gasteiger partial charge in [0.1, 0.15) is 0 Å². The lowest BCUT2D eigenvalue weighted by Crippen LogP contribution is -2.28. The van der Waals surface area contributed by atoms with Crippen LogP contribution in [0.2, 0.25) is 0 Å². The Hall–Kier alpha value is -0.670. The fraction of sp³-hybridized carbons (Fsp3) is 0.455. The van der Waals surface area contributed by atoms with Gasteiger partial charge in [0, 0.05) is 16.6 Å². The van der Waals surface area contributed by atoms with Crippen LogP contribution in [0.3, 0.4) is 0 Å². The molecule has 0 bridgehead atoms. The summed E-state index contributed by atoms with van der Waals surface area (Å²) in [4.78, 5) is 1.27. The van der Waals surface area contributed by atoms with E-state index in [4.69, 9.17) is 5.11 Å². The normalized spacial score (nSPS) is 20.0. The van der Waals surface area contributed by atoms with Gasteiger partial charge in [-0.1, -0.05) is 6.07 Å². The summed E-state index contributed by atoms with van der Waals surface area (Å²) in [7, 11) is 0. The highest BCUT2D eigenvalue weighted by Gasteiger charge is 2.16. The van der Waals surface area contributed by atoms with E-state index in [1.165, 1.54) is 16.1 Å². The fourth-order valence-corrected chi connectivity index (χ4v) is 2.23. The molecule has 0 aromatic heterocycles. The average molecular weight is 209 g/mol. The minimum absolute atomic E-state index is 0.225. The lowest BCUT2D eigenvalue weighted by Gasteiger charge is -2.25. The number of rotatable bonds is 2. The van der Waals surface area contributed by atoms with E-state index >= 15 is 0 Å². The monoisotopic (exact) mass is 209 g/mol. The maximum absolute atomic E-state index is 9.08. The van der Waals surface area contributed by atoms with Crippen molar-refractivity contribution in [3.63, 3.8) is 0 Å². The first-order chi connectivity index (χ1) is 6.83. The average Bonchev–Trinajstić information content (AvgIpc) is 2.27. The van der Waals surface area contributed by atoms with Crippen molar-refractivity contribution in [3.8, 4) is 0 Å². The molecule has 2 nitrogen and oxygen atoms in total. The summed E-state index contributed by atoms with van der Waals surface area (Å²) in [6.45, 7) is 0.225. The number of benzene rings is 1. The molecule has 0 amide bonds. The molecule has 3 heteroatoms. The third-order valence-electron chi connectivity index (χ3n) is 2.66. The second-order valence-electron chi connectivity index (χ2n) is 3.59. The van der Waals surface area contributed by atoms with Gasteiger partial charge in [0.15, 0.2) is 0 Å². The Bertz CT molecular complexity index is 327. The van der Waals surface area contributed by atoms with Gasteiger partial charge in [-0.15, -0.1) is 11.8 Å². The summed E-state index contributed by atoms with van der Waals surface area (Å²) >= 11 is 1.75. The van der Waals surface area contributed by atoms with Crippen molar-refractivity contribution in [2.75, 3.05) is 18.2 Å². The zero-order valence-electron chi connectivity index (χ0n) is 8.29. The quantitative estimate of drug-likeness (QED) is 0.732. The highest BCUT2D eigenvalue weighted by molar-refractivity contribution is 7.98. The molecule has 1 atom stereocenters. The van der Waals surface area contributed by atoms with Crippen LogP contribution in [0.1, 0.15) is 12.0 Å². The topological polar surface area (TPSA) is 32.3 Å². The van der Waals surface area contributed by atoms with Gasteiger partial charge in [0.25, 0.3) is 0 Å². The molecule has 76 valence electrons. The Balaban J connectivity index is 2.25. The van der Waals surface area contributed by atoms with E-state index in [9.17, 15) is 0 Å². The number of aliphatic hydroxyl groups excluding tert-OH is 1. The molecule has 0 spiro atoms. The second kappa shape index (κ2) is 4.24. The third-order valence-corrected chi connectivity index (χ3v) is 3.38. The van der Waals surface area contributed by atoms with Crippen LogP contribution in [0.25, 0.3) is 0 Å². The number of aryl methyl sites for hydroxylation is 1. The first kappa shape index (κ1) is 9.87. The molecule has 14 heavy (non-hydrogen) atoms. The zero-order valence-corrected chi connectivity index (χ0v) is 9.10. The van der Waals surface area contributed by atoms with Crippen LogP contribution in [-0.4, -0.2) is 24.0 Å². The van der Waals surface area contributed by atoms with Crippen LogP contribution < -0.4 is 5.32 Å². The molecule has 1 aromatic carbocycles. The van der Waals surface area contributed by atoms with Gasteiger partial charge in [0.2, 0.25) is 0 Å². The zero-order chi connectivity index (χ0) is 9.97. The number of thioether (sulfide) groups is 1. The predicted molar refractivity (Wildman–Crippen MR) is 61.0 cm³/mol. The number of nitrogens with one attached hydrogen (secondary N) is 1. The lowest BCUT2D eigenvalue weighted by molar-refractivity contribution is 0.267. The van der Waals surface area contributed by atoms with Crippen LogP contribution in [-0.2, 0) is 6.42 Å². The molecule has 0 saturated carbocycles. The van der Waals surface area contributed by atoms with Crippen LogP contribution in [0.4, 0.5) is 5.69 Å². The number of hydrogen-bond donors (Lipinski definition) is 2. The molecule has 1 aromatic rings. The van der Waals surface area contributed by atoms with Gasteiger partial charge in [-0.25, -0.2) is 0 Å². The molecule has 2 N–H and O–H groups in total. The van der Waals surface area contributed by atoms with E-state index in [0.29, 0.717) is 0 Å². The van der Waals surface area contributed by atoms with Crippen molar-refractivity contribution < 1.29 is 5.11 Å². The largest absolute Gasteiger partial charge is 0.394 e. The molecule has 1 heterocycles. The second-order valence-corrected chi connectivity index (χ2v) is 4.47. The van der Waals surface area contributed by atoms with E-state index in [2.05, 4.69) is 29.8 Å². The van der Waals surface area contributed by atoms with Crippen molar-refractivity contribution in [2.24, 2.45) is 0 Å². The van der Waals surface area contributed by atoms with Crippen LogP contribution >= 0.6 is 11.8 Å². The summed E-state index contributed by atoms with van der Waals surface area (Å²) < 4.78 is 0. The van der Waals surface area contributed by atoms with Gasteiger partial charge in [-0.2, -0.15) is 0 Å². The molecule has 0 fully saturated rings. The minimum atomic E-state index is 0.225. The van der Waals surface area contributed by atoms with E-state index in [-0.39, 0.29) is 12.6 Å². The summed E-state index contributed by atoms with van der Waals surface area (Å²) in [5, 5.41) is 12.4. The molecule has 0 radical (unpaired) electrons. The van der Waals surface area contributed by atoms with E-state index in [1.807, 2.05) is 0 Å². The minimum Gasteiger partial charge on any atom is -0.394 e. The SMILES string of the molecule is CSc1ccc2c(c1)N[C@@H](CO)CC2. The highest BCUT2D eigenvalue weighted by atomic mass is 32.2. The molecule has 0 unspecified atom stereocenters. The van der Waals surface area contributed by atoms with Crippen molar-refractivity contribution >= 4 is 17.4 Å². The number of aliphatic hydroxyl groups is 1. The smallest absolute Gasteiger partial charge is 0.0632 e. The molecule has 2 rings (SSSR count). The maximum Gasteiger partial charge on any atom is 0.0632 e. The molecular formula is C11H15NOS. The van der Waals surface area contributed by atoms with Gasteiger partial charge in [0.05, 0.1) is 6.61 Å². The van der Waals surface area contributed by atoms with Gasteiger partial charge < -0.3 is 10.4 Å². The molecular weight excluding hydrogens is 194 g/mol. The van der Waals surface area contributed by atoms with Crippen LogP contribution in [0.5, 0.6) is 0 Å². The van der Waals surface area contributed by atoms with Gasteiger partial charge >= 0.3 is 0 Å². The highest BCUT2D eigenvalue weighted by Crippen LogP contribution is 2.28. The standard InChI is InChI=1S/C11H15NOS/c1-14-10-5-3-8-2-4-9(7-13)12-11(8)6-10/h3,5-6,9,12-13H,2,4,7H2,1H3/t9-/m1/s1. The lowest BCUT2D eigenvalue weighted by atomic mass is 9.99. The third kappa shape index (κ3) is 1.88. The summed E-state index contributed by atoms with van der Waals surface area (Å²) in [6.07, 6.45) is 4.18. The van der Waals surface area contributed by atoms with Crippen LogP contribution in [0, 0.1) is 0 Å². The van der Waals surface area contributed by atoms with Gasteiger partial charge in [-0.05, 0) is 36.8 Å². The maximum atomic E-state index is 9.08. The molecule has 1 aliphatic heterocycles. The number of hydrogen-bond acceptors (Lipinski definition) is 3. The first-order valence-electron chi connectivity index (χ1n) is 4.88. The predicted octanol–water partition coefficient (Wildman–Crippen LogP) is 2.13. The summed E-state index contributed by atoms with van der Waals surface area (Å²) in [6, 6.07) is 6.74. The number of fused-ring (bicyclic) bond motifs is 1. The van der Waals surface area contributed by atoms with Crippen molar-refractivity contribution in [1.82, 2.24) is 0 Å². The van der Waals surface area contributed by atoms with Crippen molar-refractivity contribution in [1.29, 1.82) is 0 Å². The summed E-state index contributed by atoms with van der Waals surface area (Å²) in [5.74, 6) is 0. The Kier molecular flexibility index (Phi) is 2.99. The molecule has 1 aliphatic rings. The fourth-order valence-electron chi connectivity index (χ4n) is 1.79. The Morgan fingerprint density at radius 3 is 3.14 bits per heavy atom. The molecule has 0 saturated heterocycles. The van der Waals surface area contributed by atoms with E-state index < -0.39 is 0 Å². The Morgan fingerprint density at radius 2 is 2.43 bits per heavy atom. The van der Waals surface area contributed by atoms with E-state index in [0.717, 1.165) is 12.8 Å². The number of anilines is 1. The Labute approximate surface area is 88.7 Å². The van der Waals surface area contributed by atoms with Crippen molar-refractivity contribution in [2.45, 2.75) is 23.8 Å². The van der Waals surface area contributed by atoms with E-state index in [1.54, 1.807) is 11.8 Å². The van der Waals surface area contributed by atoms with Gasteiger partial charge in [-0.3, -0.25) is 0 Å². The van der Waals surface area contributed by atoms with Crippen LogP contribution in [0.15, 0.2) is 23.1 Å². The molecule has 0 aliphatic carbocycles. The Morgan fingerprint density at radius 1 is 1.57 bits per heavy atom. The first-order valence-corrected chi connectivity index (χ1v) is 6.10.